The Kier molecular flexibility index (Phi) is 11.3. The summed E-state index contributed by atoms with van der Waals surface area (Å²) < 4.78 is 5.61. The van der Waals surface area contributed by atoms with Gasteiger partial charge in [-0.3, -0.25) is 9.59 Å². The molecule has 212 valence electrons. The first kappa shape index (κ1) is 29.2. The van der Waals surface area contributed by atoms with Crippen LogP contribution in [-0.2, 0) is 22.4 Å². The Balaban J connectivity index is 1.23. The van der Waals surface area contributed by atoms with Gasteiger partial charge in [-0.15, -0.1) is 0 Å². The lowest BCUT2D eigenvalue weighted by atomic mass is 10.0. The number of hydrogen-bond acceptors (Lipinski definition) is 5. The molecule has 0 unspecified atom stereocenters. The van der Waals surface area contributed by atoms with Crippen molar-refractivity contribution in [3.63, 3.8) is 0 Å². The van der Waals surface area contributed by atoms with E-state index in [0.29, 0.717) is 30.4 Å². The first-order valence-electron chi connectivity index (χ1n) is 14.5. The molecule has 2 aromatic rings. The van der Waals surface area contributed by atoms with Crippen molar-refractivity contribution >= 4 is 29.1 Å². The summed E-state index contributed by atoms with van der Waals surface area (Å²) in [6.07, 6.45) is 12.3. The van der Waals surface area contributed by atoms with E-state index in [1.165, 1.54) is 31.2 Å². The maximum Gasteiger partial charge on any atom is 0.262 e. The van der Waals surface area contributed by atoms with E-state index in [2.05, 4.69) is 21.6 Å². The lowest BCUT2D eigenvalue weighted by Gasteiger charge is -2.32. The molecule has 0 spiro atoms. The van der Waals surface area contributed by atoms with Gasteiger partial charge >= 0.3 is 0 Å². The second-order valence-corrected chi connectivity index (χ2v) is 11.1. The zero-order valence-electron chi connectivity index (χ0n) is 22.9. The third-order valence-electron chi connectivity index (χ3n) is 7.76. The van der Waals surface area contributed by atoms with E-state index >= 15 is 0 Å². The van der Waals surface area contributed by atoms with E-state index in [1.807, 2.05) is 24.3 Å². The Morgan fingerprint density at radius 3 is 2.67 bits per heavy atom. The first-order valence-corrected chi connectivity index (χ1v) is 14.9. The summed E-state index contributed by atoms with van der Waals surface area (Å²) in [4.78, 5) is 27.1. The molecule has 0 bridgehead atoms. The van der Waals surface area contributed by atoms with Gasteiger partial charge in [-0.2, -0.15) is 0 Å². The molecule has 1 fully saturated rings. The molecule has 0 aromatic heterocycles. The van der Waals surface area contributed by atoms with Crippen LogP contribution >= 0.6 is 11.6 Å². The van der Waals surface area contributed by atoms with Gasteiger partial charge < -0.3 is 25.4 Å². The van der Waals surface area contributed by atoms with Crippen LogP contribution in [0.2, 0.25) is 5.02 Å². The maximum absolute atomic E-state index is 13.3. The van der Waals surface area contributed by atoms with Crippen molar-refractivity contribution in [1.82, 2.24) is 10.2 Å². The van der Waals surface area contributed by atoms with Crippen LogP contribution < -0.4 is 15.4 Å². The molecular formula is C31H42ClN3O4. The van der Waals surface area contributed by atoms with E-state index in [1.54, 1.807) is 6.07 Å². The summed E-state index contributed by atoms with van der Waals surface area (Å²) in [5.74, 6) is 0.606. The molecule has 4 rings (SSSR count). The molecule has 7 nitrogen and oxygen atoms in total. The third-order valence-corrected chi connectivity index (χ3v) is 7.99. The highest BCUT2D eigenvalue weighted by Crippen LogP contribution is 2.39. The highest BCUT2D eigenvalue weighted by atomic mass is 35.5. The Morgan fingerprint density at radius 2 is 1.87 bits per heavy atom. The Morgan fingerprint density at radius 1 is 1.05 bits per heavy atom. The minimum atomic E-state index is -0.255. The van der Waals surface area contributed by atoms with Gasteiger partial charge in [0.2, 0.25) is 5.91 Å². The van der Waals surface area contributed by atoms with Crippen LogP contribution in [0.1, 0.15) is 75.3 Å². The summed E-state index contributed by atoms with van der Waals surface area (Å²) in [5, 5.41) is 17.0. The van der Waals surface area contributed by atoms with Gasteiger partial charge in [-0.05, 0) is 74.4 Å². The Labute approximate surface area is 237 Å². The third kappa shape index (κ3) is 8.87. The lowest BCUT2D eigenvalue weighted by Crippen LogP contribution is -2.42. The molecule has 1 aliphatic carbocycles. The monoisotopic (exact) mass is 555 g/mol. The summed E-state index contributed by atoms with van der Waals surface area (Å²) >= 11 is 6.08. The topological polar surface area (TPSA) is 90.9 Å². The smallest absolute Gasteiger partial charge is 0.262 e. The lowest BCUT2D eigenvalue weighted by molar-refractivity contribution is -0.133. The SMILES string of the molecule is O=C1COc2c(CCCCCN(C(=O)CCNCCc3cccc(Cl)c3)C3CCCCCC3)ccc(O)c2N1. The molecule has 3 N–H and O–H groups in total. The molecule has 1 heterocycles. The number of carbonyl (C=O) groups excluding carboxylic acids is 2. The molecule has 2 amide bonds. The maximum atomic E-state index is 13.3. The Hall–Kier alpha value is -2.77. The number of hydrogen-bond donors (Lipinski definition) is 3. The van der Waals surface area contributed by atoms with Gasteiger partial charge in [-0.1, -0.05) is 61.9 Å². The fourth-order valence-corrected chi connectivity index (χ4v) is 5.87. The molecule has 1 saturated carbocycles. The predicted octanol–water partition coefficient (Wildman–Crippen LogP) is 5.86. The number of carbonyl (C=O) groups is 2. The number of nitrogens with zero attached hydrogens (tertiary/aromatic N) is 1. The van der Waals surface area contributed by atoms with E-state index in [0.717, 1.165) is 68.6 Å². The minimum Gasteiger partial charge on any atom is -0.506 e. The summed E-state index contributed by atoms with van der Waals surface area (Å²) in [6.45, 7) is 2.28. The number of rotatable bonds is 13. The van der Waals surface area contributed by atoms with Crippen LogP contribution in [0.5, 0.6) is 11.5 Å². The number of ether oxygens (including phenoxy) is 1. The summed E-state index contributed by atoms with van der Waals surface area (Å²) in [6, 6.07) is 11.8. The Bertz CT molecular complexity index is 1100. The van der Waals surface area contributed by atoms with E-state index in [-0.39, 0.29) is 24.2 Å². The zero-order valence-corrected chi connectivity index (χ0v) is 23.6. The number of anilines is 1. The summed E-state index contributed by atoms with van der Waals surface area (Å²) in [5.41, 5.74) is 2.56. The fraction of sp³-hybridized carbons (Fsp3) is 0.548. The quantitative estimate of drug-likeness (QED) is 0.163. The second-order valence-electron chi connectivity index (χ2n) is 10.7. The molecule has 0 atom stereocenters. The van der Waals surface area contributed by atoms with Gasteiger partial charge in [0.15, 0.2) is 12.4 Å². The number of fused-ring (bicyclic) bond motifs is 1. The molecule has 2 aromatic carbocycles. The van der Waals surface area contributed by atoms with Crippen LogP contribution in [-0.4, -0.2) is 54.1 Å². The number of phenolic OH excluding ortho intramolecular Hbond substituents is 1. The summed E-state index contributed by atoms with van der Waals surface area (Å²) in [7, 11) is 0. The molecular weight excluding hydrogens is 514 g/mol. The van der Waals surface area contributed by atoms with Crippen LogP contribution in [0, 0.1) is 0 Å². The molecule has 0 radical (unpaired) electrons. The highest BCUT2D eigenvalue weighted by Gasteiger charge is 2.25. The number of amides is 2. The molecule has 1 aliphatic heterocycles. The van der Waals surface area contributed by atoms with Crippen LogP contribution in [0.3, 0.4) is 0 Å². The number of nitrogens with one attached hydrogen (secondary N) is 2. The standard InChI is InChI=1S/C31H42ClN3O4/c32-25-11-8-9-23(21-25)16-18-33-19-17-29(38)35(26-12-5-1-2-6-13-26)20-7-3-4-10-24-14-15-27(36)30-31(24)39-22-28(37)34-30/h8-9,11,14-15,21,26,33,36H,1-7,10,12-13,16-20,22H2,(H,34,37). The van der Waals surface area contributed by atoms with Crippen LogP contribution in [0.25, 0.3) is 0 Å². The minimum absolute atomic E-state index is 0.0262. The largest absolute Gasteiger partial charge is 0.506 e. The first-order chi connectivity index (χ1) is 19.0. The van der Waals surface area contributed by atoms with Crippen molar-refractivity contribution in [3.8, 4) is 11.5 Å². The van der Waals surface area contributed by atoms with Gasteiger partial charge in [-0.25, -0.2) is 0 Å². The number of benzene rings is 2. The van der Waals surface area contributed by atoms with Crippen molar-refractivity contribution in [2.45, 2.75) is 83.1 Å². The van der Waals surface area contributed by atoms with E-state index < -0.39 is 0 Å². The van der Waals surface area contributed by atoms with Crippen molar-refractivity contribution < 1.29 is 19.4 Å². The molecule has 39 heavy (non-hydrogen) atoms. The predicted molar refractivity (Wildman–Crippen MR) is 156 cm³/mol. The normalized spacial score (nSPS) is 15.7. The molecule has 8 heteroatoms. The number of phenols is 1. The van der Waals surface area contributed by atoms with Crippen LogP contribution in [0.15, 0.2) is 36.4 Å². The molecule has 2 aliphatic rings. The van der Waals surface area contributed by atoms with Gasteiger partial charge in [0, 0.05) is 30.6 Å². The van der Waals surface area contributed by atoms with E-state index in [9.17, 15) is 14.7 Å². The van der Waals surface area contributed by atoms with Gasteiger partial charge in [0.05, 0.1) is 0 Å². The molecule has 0 saturated heterocycles. The number of unbranched alkanes of at least 4 members (excludes halogenated alkanes) is 2. The van der Waals surface area contributed by atoms with Crippen molar-refractivity contribution in [2.24, 2.45) is 0 Å². The van der Waals surface area contributed by atoms with Crippen LogP contribution in [0.4, 0.5) is 5.69 Å². The average molecular weight is 556 g/mol. The van der Waals surface area contributed by atoms with Gasteiger partial charge in [0.1, 0.15) is 11.4 Å². The van der Waals surface area contributed by atoms with Crippen molar-refractivity contribution in [1.29, 1.82) is 0 Å². The number of aryl methyl sites for hydroxylation is 1. The number of aromatic hydroxyl groups is 1. The van der Waals surface area contributed by atoms with E-state index in [4.69, 9.17) is 16.3 Å². The zero-order chi connectivity index (χ0) is 27.5. The average Bonchev–Trinajstić information content (AvgIpc) is 3.21. The van der Waals surface area contributed by atoms with Crippen molar-refractivity contribution in [2.75, 3.05) is 31.6 Å². The highest BCUT2D eigenvalue weighted by molar-refractivity contribution is 6.30. The number of halogens is 1. The van der Waals surface area contributed by atoms with Gasteiger partial charge in [0.25, 0.3) is 5.91 Å². The second kappa shape index (κ2) is 15.1. The van der Waals surface area contributed by atoms with Crippen molar-refractivity contribution in [3.05, 3.63) is 52.5 Å². The fourth-order valence-electron chi connectivity index (χ4n) is 5.66.